The number of benzene rings is 8. The minimum Gasteiger partial charge on any atom is -0.510 e. The number of fused-ring (bicyclic) bond motifs is 6. The Morgan fingerprint density at radius 3 is 1.84 bits per heavy atom. The predicted molar refractivity (Wildman–Crippen MR) is 330 cm³/mol. The Morgan fingerprint density at radius 1 is 0.605 bits per heavy atom. The first kappa shape index (κ1) is 22.8. The van der Waals surface area contributed by atoms with Crippen LogP contribution in [0.25, 0.3) is 83.4 Å². The number of aromatic nitrogens is 4. The SMILES string of the molecule is [2H]c1c([2H])c([2H])c(-c2cnc(-n3c4[c-]c(Oc5[c-]c(-n6[c-][n+](-c7c(-c8c([2H])c([2H])c9c(c8[2H])C(C([2H])([2H])[2H])(C([2H])([2H])[2H])C([2H])([2H])C([2H])([2H])C9(C([2H])([2H])[2H])C([2H])([2H])[2H])cc(C(C)(C)C)cc7-c7c([2H])c([2H])c8c(c7[2H])C(C([2H])([2H])[2H])(C([2H])([2H])[2H])C([2H])([2H])C([2H])([2H])C8(C([2H])([2H])[2H])C([2H])([2H])[2H])c7ccccc76)ccc5)ccc4c4ccccc43)cc2C([2H])([2H])[2H])c([2H])c1[2H].[Pt]. The summed E-state index contributed by atoms with van der Waals surface area (Å²) in [6.45, 7) is -35.6. The average molecular weight is 1290 g/mol. The predicted octanol–water partition coefficient (Wildman–Crippen LogP) is 18.9. The number of para-hydroxylation sites is 3. The van der Waals surface area contributed by atoms with E-state index in [4.69, 9.17) is 32.2 Å². The molecular formula is C75H72N4OPt-2. The molecule has 8 aromatic carbocycles. The quantitative estimate of drug-likeness (QED) is 0.112. The van der Waals surface area contributed by atoms with Crippen LogP contribution in [0.5, 0.6) is 11.5 Å². The number of nitrogens with zero attached hydrogens (tertiary/aromatic N) is 4. The summed E-state index contributed by atoms with van der Waals surface area (Å²) >= 11 is 0. The molecule has 0 unspecified atom stereocenters. The molecule has 0 atom stereocenters. The zero-order valence-electron chi connectivity index (χ0n) is 88.8. The van der Waals surface area contributed by atoms with Gasteiger partial charge in [-0.2, -0.15) is 18.2 Å². The van der Waals surface area contributed by atoms with Gasteiger partial charge in [-0.1, -0.05) is 202 Å². The maximum Gasteiger partial charge on any atom is 0.268 e. The van der Waals surface area contributed by atoms with Crippen LogP contribution < -0.4 is 9.30 Å². The van der Waals surface area contributed by atoms with Gasteiger partial charge in [-0.25, -0.2) is 4.98 Å². The molecule has 3 heterocycles. The molecule has 6 heteroatoms. The average Bonchev–Trinajstić information content (AvgIpc) is 0.877. The third kappa shape index (κ3) is 9.38. The zero-order valence-corrected chi connectivity index (χ0v) is 45.1. The zero-order chi connectivity index (χ0) is 94.9. The molecule has 2 aliphatic carbocycles. The fourth-order valence-electron chi connectivity index (χ4n) is 9.99. The van der Waals surface area contributed by atoms with E-state index in [1.54, 1.807) is 30.3 Å². The van der Waals surface area contributed by atoms with Crippen molar-refractivity contribution < 1.29 is 93.4 Å². The Hall–Kier alpha value is -7.33. The number of hydrogen-bond donors (Lipinski definition) is 0. The molecule has 13 rings (SSSR count). The van der Waals surface area contributed by atoms with Crippen molar-refractivity contribution in [3.8, 4) is 62.1 Å². The molecule has 0 bridgehead atoms. The van der Waals surface area contributed by atoms with Gasteiger partial charge in [-0.3, -0.25) is 4.57 Å². The Kier molecular flexibility index (Phi) is 5.54. The van der Waals surface area contributed by atoms with Crippen LogP contribution in [0, 0.1) is 25.3 Å². The van der Waals surface area contributed by atoms with E-state index in [2.05, 4.69) is 23.4 Å². The second-order valence-corrected chi connectivity index (χ2v) is 20.5. The molecule has 0 N–H and O–H groups in total. The summed E-state index contributed by atoms with van der Waals surface area (Å²) in [6.07, 6.45) is -15.4. The fraction of sp³-hybridized carbons (Fsp3) is 0.280. The van der Waals surface area contributed by atoms with Gasteiger partial charge in [0, 0.05) is 97.8 Å². The first-order chi connectivity index (χ1) is 57.0. The fourth-order valence-corrected chi connectivity index (χ4v) is 9.99. The molecular weight excluding hydrogens is 1170 g/mol. The third-order valence-corrected chi connectivity index (χ3v) is 14.0. The molecule has 5 nitrogen and oxygen atoms in total. The van der Waals surface area contributed by atoms with Crippen LogP contribution in [-0.2, 0) is 48.1 Å². The van der Waals surface area contributed by atoms with Crippen molar-refractivity contribution in [2.24, 2.45) is 0 Å². The second kappa shape index (κ2) is 19.7. The third-order valence-electron chi connectivity index (χ3n) is 14.0. The Balaban J connectivity index is 0.0000146. The van der Waals surface area contributed by atoms with Crippen LogP contribution in [0.2, 0.25) is 0 Å². The van der Waals surface area contributed by atoms with Crippen molar-refractivity contribution in [2.45, 2.75) is 135 Å². The van der Waals surface area contributed by atoms with Crippen LogP contribution in [0.4, 0.5) is 0 Å². The van der Waals surface area contributed by atoms with Crippen LogP contribution >= 0.6 is 0 Å². The topological polar surface area (TPSA) is 35.9 Å². The molecule has 81 heavy (non-hydrogen) atoms. The van der Waals surface area contributed by atoms with E-state index in [0.717, 1.165) is 22.9 Å². The van der Waals surface area contributed by atoms with Gasteiger partial charge in [0.1, 0.15) is 5.82 Å². The van der Waals surface area contributed by atoms with Gasteiger partial charge >= 0.3 is 0 Å². The largest absolute Gasteiger partial charge is 0.510 e. The Labute approximate surface area is 558 Å². The monoisotopic (exact) mass is 1290 g/mol. The second-order valence-electron chi connectivity index (χ2n) is 20.5. The van der Waals surface area contributed by atoms with Gasteiger partial charge in [-0.05, 0) is 144 Å². The van der Waals surface area contributed by atoms with Gasteiger partial charge in [0.25, 0.3) is 6.33 Å². The van der Waals surface area contributed by atoms with Crippen molar-refractivity contribution in [2.75, 3.05) is 0 Å². The van der Waals surface area contributed by atoms with Crippen molar-refractivity contribution >= 4 is 32.8 Å². The van der Waals surface area contributed by atoms with Crippen molar-refractivity contribution in [3.05, 3.63) is 222 Å². The molecule has 0 aliphatic heterocycles. The molecule has 3 aromatic heterocycles. The first-order valence-electron chi connectivity index (χ1n) is 47.7. The van der Waals surface area contributed by atoms with Gasteiger partial charge in [0.15, 0.2) is 0 Å². The van der Waals surface area contributed by atoms with E-state index in [9.17, 15) is 35.6 Å². The minimum atomic E-state index is -4.92. The summed E-state index contributed by atoms with van der Waals surface area (Å²) in [7, 11) is 0. The van der Waals surface area contributed by atoms with E-state index in [0.29, 0.717) is 16.3 Å². The smallest absolute Gasteiger partial charge is 0.268 e. The maximum atomic E-state index is 10.6. The number of hydrogen-bond acceptors (Lipinski definition) is 2. The van der Waals surface area contributed by atoms with Gasteiger partial charge in [0.05, 0.1) is 31.8 Å². The standard InChI is InChI=1S/C75H72N4O.Pt/c1-48-39-69(76-46-60(48)49-21-14-13-15-22-49)79-65-26-17-16-25-56(65)57-32-31-55(45-68(57)79)80-54-24-20-23-53(44-54)77-47-78(67-28-19-18-27-66(67)77)70-58(50-29-33-61-63(40-50)74(9,10)37-35-72(61,5)6)42-52(71(2,3)4)43-59(70)51-30-34-62-64(41-51)75(11,12)38-36-73(62,7)8;/h13-34,39-43,46H,35-38H2,1-12H3;/q-2;/i1D3,5D3,6D3,7D3,8D3,9D3,10D3,11D3,12D3,13D,14D,15D,21D,22D,29D,30D,33D,34D,35D2,36D2,37D2,38D2,40D,41D;. The van der Waals surface area contributed by atoms with Gasteiger partial charge < -0.3 is 13.9 Å². The normalized spacial score (nSPS) is 28.2. The molecule has 410 valence electrons. The molecule has 0 spiro atoms. The van der Waals surface area contributed by atoms with Crippen molar-refractivity contribution in [3.63, 3.8) is 0 Å². The number of imidazole rings is 1. The van der Waals surface area contributed by atoms with Crippen LogP contribution in [0.1, 0.15) is 198 Å². The van der Waals surface area contributed by atoms with Gasteiger partial charge in [0.2, 0.25) is 0 Å². The number of ether oxygens (including phenoxy) is 1. The summed E-state index contributed by atoms with van der Waals surface area (Å²) < 4.78 is 436. The minimum absolute atomic E-state index is 0. The van der Waals surface area contributed by atoms with Crippen LogP contribution in [0.15, 0.2) is 170 Å². The molecule has 11 aromatic rings. The summed E-state index contributed by atoms with van der Waals surface area (Å²) in [4.78, 5) is 4.61. The van der Waals surface area contributed by atoms with E-state index in [1.165, 1.54) is 84.5 Å². The van der Waals surface area contributed by atoms with Crippen molar-refractivity contribution in [1.29, 1.82) is 0 Å². The van der Waals surface area contributed by atoms with Crippen molar-refractivity contribution in [1.82, 2.24) is 14.1 Å². The summed E-state index contributed by atoms with van der Waals surface area (Å²) in [5.41, 5.74) is -35.3. The molecule has 0 fully saturated rings. The number of pyridine rings is 1. The van der Waals surface area contributed by atoms with Crippen LogP contribution in [-0.4, -0.2) is 14.1 Å². The summed E-state index contributed by atoms with van der Waals surface area (Å²) in [6, 6.07) is 14.6. The summed E-state index contributed by atoms with van der Waals surface area (Å²) in [5, 5.41) is 1.05. The van der Waals surface area contributed by atoms with Crippen LogP contribution in [0.3, 0.4) is 0 Å². The first-order valence-corrected chi connectivity index (χ1v) is 24.7. The van der Waals surface area contributed by atoms with E-state index < -0.39 is 242 Å². The Morgan fingerprint density at radius 2 is 1.21 bits per heavy atom. The van der Waals surface area contributed by atoms with E-state index >= 15 is 0 Å². The molecule has 0 saturated carbocycles. The molecule has 2 aliphatic rings. The number of aryl methyl sites for hydroxylation is 1. The summed E-state index contributed by atoms with van der Waals surface area (Å²) in [5.74, 6) is -0.338. The van der Waals surface area contributed by atoms with E-state index in [1.807, 2.05) is 0 Å². The van der Waals surface area contributed by atoms with Gasteiger partial charge in [-0.15, -0.1) is 29.7 Å². The molecule has 0 radical (unpaired) electrons. The Bertz CT molecular complexity index is 6120. The van der Waals surface area contributed by atoms with E-state index in [-0.39, 0.29) is 71.7 Å². The number of rotatable bonds is 8. The molecule has 0 amide bonds. The molecule has 0 saturated heterocycles. The maximum absolute atomic E-state index is 10.6.